The number of amides is 4. The molecule has 0 saturated carbocycles. The summed E-state index contributed by atoms with van der Waals surface area (Å²) in [7, 11) is 0. The third-order valence-electron chi connectivity index (χ3n) is 6.16. The fourth-order valence-electron chi connectivity index (χ4n) is 4.80. The van der Waals surface area contributed by atoms with Crippen LogP contribution in [0.3, 0.4) is 0 Å². The first-order valence-corrected chi connectivity index (χ1v) is 10.1. The molecule has 2 saturated heterocycles. The first kappa shape index (κ1) is 19.1. The molecule has 1 spiro atoms. The Morgan fingerprint density at radius 1 is 1.32 bits per heavy atom. The number of carbonyl (C=O) groups is 4. The SMILES string of the molecule is CC[C@H](C)N1C(=O)[C@H]2[C@@H](C1=O)[C@@]1(N[C@@H]2CC(N)=O)C(=O)Nc2ccc(Br)cc21. The zero-order chi connectivity index (χ0) is 20.4. The van der Waals surface area contributed by atoms with Gasteiger partial charge in [0.15, 0.2) is 0 Å². The van der Waals surface area contributed by atoms with Gasteiger partial charge in [0.05, 0.1) is 11.8 Å². The van der Waals surface area contributed by atoms with Crippen LogP contribution in [0.5, 0.6) is 0 Å². The second kappa shape index (κ2) is 6.38. The van der Waals surface area contributed by atoms with E-state index in [0.29, 0.717) is 17.7 Å². The number of likely N-dealkylation sites (tertiary alicyclic amines) is 1. The van der Waals surface area contributed by atoms with E-state index in [1.54, 1.807) is 25.1 Å². The highest BCUT2D eigenvalue weighted by atomic mass is 79.9. The normalized spacial score (nSPS) is 31.9. The van der Waals surface area contributed by atoms with Crippen molar-refractivity contribution in [3.05, 3.63) is 28.2 Å². The van der Waals surface area contributed by atoms with E-state index < -0.39 is 35.2 Å². The maximum atomic E-state index is 13.4. The Hall–Kier alpha value is -2.26. The molecule has 3 aliphatic heterocycles. The number of hydrogen-bond donors (Lipinski definition) is 3. The molecule has 0 radical (unpaired) electrons. The fraction of sp³-hybridized carbons (Fsp3) is 0.474. The van der Waals surface area contributed by atoms with Gasteiger partial charge in [-0.15, -0.1) is 0 Å². The van der Waals surface area contributed by atoms with Gasteiger partial charge in [0.25, 0.3) is 0 Å². The van der Waals surface area contributed by atoms with Crippen LogP contribution in [0.4, 0.5) is 5.69 Å². The van der Waals surface area contributed by atoms with Crippen LogP contribution in [0.1, 0.15) is 32.3 Å². The molecule has 9 heteroatoms. The number of halogens is 1. The van der Waals surface area contributed by atoms with Crippen LogP contribution in [-0.4, -0.2) is 40.6 Å². The molecule has 0 unspecified atom stereocenters. The van der Waals surface area contributed by atoms with Gasteiger partial charge in [-0.2, -0.15) is 0 Å². The summed E-state index contributed by atoms with van der Waals surface area (Å²) in [6.45, 7) is 3.70. The van der Waals surface area contributed by atoms with E-state index in [9.17, 15) is 19.2 Å². The van der Waals surface area contributed by atoms with Crippen molar-refractivity contribution in [2.45, 2.75) is 44.3 Å². The van der Waals surface area contributed by atoms with Gasteiger partial charge in [-0.05, 0) is 31.5 Å². The molecule has 4 rings (SSSR count). The number of nitrogens with one attached hydrogen (secondary N) is 2. The van der Waals surface area contributed by atoms with Gasteiger partial charge in [0.1, 0.15) is 5.54 Å². The highest BCUT2D eigenvalue weighted by Gasteiger charge is 2.70. The van der Waals surface area contributed by atoms with Crippen LogP contribution < -0.4 is 16.4 Å². The van der Waals surface area contributed by atoms with Crippen molar-refractivity contribution in [2.24, 2.45) is 17.6 Å². The third-order valence-corrected chi connectivity index (χ3v) is 6.66. The van der Waals surface area contributed by atoms with Gasteiger partial charge < -0.3 is 11.1 Å². The molecule has 4 amide bonds. The minimum Gasteiger partial charge on any atom is -0.370 e. The second-order valence-electron chi connectivity index (χ2n) is 7.68. The molecule has 5 atom stereocenters. The van der Waals surface area contributed by atoms with Crippen molar-refractivity contribution in [3.8, 4) is 0 Å². The lowest BCUT2D eigenvalue weighted by atomic mass is 9.76. The maximum Gasteiger partial charge on any atom is 0.250 e. The van der Waals surface area contributed by atoms with Gasteiger partial charge in [0.2, 0.25) is 23.6 Å². The molecule has 148 valence electrons. The van der Waals surface area contributed by atoms with Gasteiger partial charge in [-0.1, -0.05) is 22.9 Å². The first-order chi connectivity index (χ1) is 13.2. The van der Waals surface area contributed by atoms with E-state index in [1.165, 1.54) is 4.90 Å². The van der Waals surface area contributed by atoms with Gasteiger partial charge in [-0.3, -0.25) is 29.4 Å². The van der Waals surface area contributed by atoms with Crippen LogP contribution in [0, 0.1) is 11.8 Å². The maximum absolute atomic E-state index is 13.4. The Bertz CT molecular complexity index is 919. The number of nitrogens with zero attached hydrogens (tertiary/aromatic N) is 1. The molecule has 1 aromatic carbocycles. The first-order valence-electron chi connectivity index (χ1n) is 9.26. The molecule has 0 aromatic heterocycles. The number of hydrogen-bond acceptors (Lipinski definition) is 5. The Labute approximate surface area is 170 Å². The van der Waals surface area contributed by atoms with Crippen LogP contribution in [-0.2, 0) is 24.7 Å². The molecule has 4 N–H and O–H groups in total. The lowest BCUT2D eigenvalue weighted by Gasteiger charge is -2.31. The third kappa shape index (κ3) is 2.39. The summed E-state index contributed by atoms with van der Waals surface area (Å²) in [6.07, 6.45) is 0.471. The number of primary amides is 1. The second-order valence-corrected chi connectivity index (χ2v) is 8.60. The Kier molecular flexibility index (Phi) is 4.35. The van der Waals surface area contributed by atoms with Gasteiger partial charge in [0, 0.05) is 34.2 Å². The molecule has 3 heterocycles. The van der Waals surface area contributed by atoms with E-state index in [-0.39, 0.29) is 24.3 Å². The zero-order valence-corrected chi connectivity index (χ0v) is 17.1. The van der Waals surface area contributed by atoms with Crippen molar-refractivity contribution < 1.29 is 19.2 Å². The molecule has 0 aliphatic carbocycles. The van der Waals surface area contributed by atoms with Crippen LogP contribution in [0.15, 0.2) is 22.7 Å². The van der Waals surface area contributed by atoms with Crippen LogP contribution in [0.2, 0.25) is 0 Å². The minimum absolute atomic E-state index is 0.132. The number of rotatable bonds is 4. The summed E-state index contributed by atoms with van der Waals surface area (Å²) in [6, 6.07) is 4.33. The monoisotopic (exact) mass is 448 g/mol. The van der Waals surface area contributed by atoms with E-state index in [4.69, 9.17) is 5.73 Å². The lowest BCUT2D eigenvalue weighted by molar-refractivity contribution is -0.145. The lowest BCUT2D eigenvalue weighted by Crippen LogP contribution is -2.54. The molecular formula is C19H21BrN4O4. The molecule has 28 heavy (non-hydrogen) atoms. The molecule has 2 fully saturated rings. The van der Waals surface area contributed by atoms with E-state index >= 15 is 0 Å². The summed E-state index contributed by atoms with van der Waals surface area (Å²) in [5, 5.41) is 5.99. The largest absolute Gasteiger partial charge is 0.370 e. The highest BCUT2D eigenvalue weighted by molar-refractivity contribution is 9.10. The highest BCUT2D eigenvalue weighted by Crippen LogP contribution is 2.54. The molecule has 0 bridgehead atoms. The van der Waals surface area contributed by atoms with E-state index in [1.807, 2.05) is 6.92 Å². The van der Waals surface area contributed by atoms with Crippen molar-refractivity contribution in [2.75, 3.05) is 5.32 Å². The minimum atomic E-state index is -1.40. The standard InChI is InChI=1S/C19H21BrN4O4/c1-3-8(2)24-16(26)14-12(7-13(21)25)23-19(15(14)17(24)27)10-6-9(20)4-5-11(10)22-18(19)28/h4-6,8,12,14-15,23H,3,7H2,1-2H3,(H2,21,25)(H,22,28)/t8-,12+,14+,15-,19+/m0/s1. The topological polar surface area (TPSA) is 122 Å². The van der Waals surface area contributed by atoms with Gasteiger partial charge >= 0.3 is 0 Å². The predicted molar refractivity (Wildman–Crippen MR) is 104 cm³/mol. The summed E-state index contributed by atoms with van der Waals surface area (Å²) in [5.74, 6) is -3.46. The predicted octanol–water partition coefficient (Wildman–Crippen LogP) is 0.843. The Balaban J connectivity index is 1.90. The molecule has 1 aromatic rings. The Morgan fingerprint density at radius 2 is 2.04 bits per heavy atom. The number of nitrogens with two attached hydrogens (primary N) is 1. The average molecular weight is 449 g/mol. The summed E-state index contributed by atoms with van der Waals surface area (Å²) < 4.78 is 0.745. The van der Waals surface area contributed by atoms with E-state index in [2.05, 4.69) is 26.6 Å². The number of fused-ring (bicyclic) bond motifs is 4. The summed E-state index contributed by atoms with van der Waals surface area (Å²) >= 11 is 3.41. The number of imide groups is 1. The summed E-state index contributed by atoms with van der Waals surface area (Å²) in [5.41, 5.74) is 5.18. The smallest absolute Gasteiger partial charge is 0.250 e. The molecule has 8 nitrogen and oxygen atoms in total. The molecular weight excluding hydrogens is 428 g/mol. The zero-order valence-electron chi connectivity index (χ0n) is 15.5. The van der Waals surface area contributed by atoms with Crippen molar-refractivity contribution >= 4 is 45.2 Å². The van der Waals surface area contributed by atoms with E-state index in [0.717, 1.165) is 4.47 Å². The van der Waals surface area contributed by atoms with Crippen LogP contribution in [0.25, 0.3) is 0 Å². The quantitative estimate of drug-likeness (QED) is 0.589. The van der Waals surface area contributed by atoms with Crippen LogP contribution >= 0.6 is 15.9 Å². The number of carbonyl (C=O) groups excluding carboxylic acids is 4. The van der Waals surface area contributed by atoms with Gasteiger partial charge in [-0.25, -0.2) is 0 Å². The summed E-state index contributed by atoms with van der Waals surface area (Å²) in [4.78, 5) is 52.6. The Morgan fingerprint density at radius 3 is 2.68 bits per heavy atom. The number of anilines is 1. The average Bonchev–Trinajstić information content (AvgIpc) is 3.20. The van der Waals surface area contributed by atoms with Crippen molar-refractivity contribution in [1.29, 1.82) is 0 Å². The van der Waals surface area contributed by atoms with Crippen molar-refractivity contribution in [3.63, 3.8) is 0 Å². The number of benzene rings is 1. The molecule has 3 aliphatic rings. The van der Waals surface area contributed by atoms with Crippen molar-refractivity contribution in [1.82, 2.24) is 10.2 Å². The fourth-order valence-corrected chi connectivity index (χ4v) is 5.17.